The molecule has 0 nitrogen and oxygen atoms in total. The van der Waals surface area contributed by atoms with E-state index in [4.69, 9.17) is 0 Å². The first-order valence-electron chi connectivity index (χ1n) is 25.1. The highest BCUT2D eigenvalue weighted by Gasteiger charge is 2.54. The second-order valence-corrected chi connectivity index (χ2v) is 22.6. The van der Waals surface area contributed by atoms with Crippen molar-refractivity contribution in [1.29, 1.82) is 0 Å². The molecule has 21 rings (SSSR count). The van der Waals surface area contributed by atoms with Crippen LogP contribution in [-0.2, 0) is 0 Å². The summed E-state index contributed by atoms with van der Waals surface area (Å²) in [4.78, 5) is 0. The highest BCUT2D eigenvalue weighted by atomic mass is 14.5. The van der Waals surface area contributed by atoms with Crippen LogP contribution in [-0.4, -0.2) is 0 Å². The Bertz CT molecular complexity index is 1920. The Balaban J connectivity index is 1.01. The molecule has 56 heavy (non-hydrogen) atoms. The summed E-state index contributed by atoms with van der Waals surface area (Å²) in [6.07, 6.45) is 35.3. The Morgan fingerprint density at radius 3 is 0.786 bits per heavy atom. The van der Waals surface area contributed by atoms with Crippen LogP contribution >= 0.6 is 0 Å². The average molecular weight is 737 g/mol. The highest BCUT2D eigenvalue weighted by molar-refractivity contribution is 5.84. The molecule has 12 bridgehead atoms. The first-order chi connectivity index (χ1) is 27.8. The SMILES string of the molecule is c1cc(-c2c3c(c4c(c5[c+]2C2CCC5CC2)C2CCC4CC2)C2CCC3CC2)ccc1-c1c2c(c3c(c4[c+]1C1CCC4CC1)C1CCC3CC1)C1CCC2CC1. The van der Waals surface area contributed by atoms with Crippen molar-refractivity contribution in [3.05, 3.63) is 91.0 Å². The molecule has 0 amide bonds. The van der Waals surface area contributed by atoms with Gasteiger partial charge in [0, 0.05) is 103 Å². The largest absolute Gasteiger partial charge is 0.110 e. The van der Waals surface area contributed by atoms with E-state index in [9.17, 15) is 0 Å². The van der Waals surface area contributed by atoms with Gasteiger partial charge < -0.3 is 0 Å². The van der Waals surface area contributed by atoms with Crippen LogP contribution in [0, 0.1) is 0 Å². The van der Waals surface area contributed by atoms with Crippen molar-refractivity contribution in [2.45, 2.75) is 225 Å². The molecule has 0 heterocycles. The van der Waals surface area contributed by atoms with Gasteiger partial charge in [0.05, 0.1) is 22.3 Å². The quantitative estimate of drug-likeness (QED) is 0.230. The number of hydrogen-bond acceptors (Lipinski definition) is 0. The fourth-order valence-corrected chi connectivity index (χ4v) is 18.7. The Morgan fingerprint density at radius 1 is 0.250 bits per heavy atom. The predicted octanol–water partition coefficient (Wildman–Crippen LogP) is 16.1. The topological polar surface area (TPSA) is 0 Å². The van der Waals surface area contributed by atoms with Crippen LogP contribution < -0.4 is 0 Å². The van der Waals surface area contributed by atoms with Crippen molar-refractivity contribution < 1.29 is 0 Å². The standard InChI is InChI=1S/C56H64/c1-2-30-4-3-29(1)43-44(30)48-34-11-19-38(20-12-34)52(48)55(51-37-17-9-33(10-18-37)47(43)51)41-25-27-42(28-26-41)56-53-39-21-13-35(14-22-39)49(53)45-31-5-6-32(8-7-31)46(45)50-36-15-23-40(24-16-36)54(50)56/h25-40H,1-24H2/q+2. The molecule has 3 aromatic rings. The molecule has 0 N–H and O–H groups in total. The van der Waals surface area contributed by atoms with Crippen molar-refractivity contribution in [2.24, 2.45) is 0 Å². The van der Waals surface area contributed by atoms with Crippen molar-refractivity contribution in [1.82, 2.24) is 0 Å². The summed E-state index contributed by atoms with van der Waals surface area (Å²) in [6, 6.07) is 11.0. The molecular weight excluding hydrogens is 673 g/mol. The van der Waals surface area contributed by atoms with E-state index < -0.39 is 0 Å². The minimum Gasteiger partial charge on any atom is -0.0440 e. The molecule has 0 unspecified atom stereocenters. The lowest BCUT2D eigenvalue weighted by atomic mass is 9.58. The minimum absolute atomic E-state index is 0.797. The Hall–Kier alpha value is -2.60. The average Bonchev–Trinajstić information content (AvgIpc) is 3.57. The molecule has 0 aliphatic heterocycles. The van der Waals surface area contributed by atoms with Gasteiger partial charge in [0.1, 0.15) is 11.1 Å². The number of rotatable bonds is 2. The van der Waals surface area contributed by atoms with Crippen molar-refractivity contribution in [2.75, 3.05) is 0 Å². The van der Waals surface area contributed by atoms with Crippen molar-refractivity contribution in [3.63, 3.8) is 0 Å². The zero-order valence-electron chi connectivity index (χ0n) is 34.2. The van der Waals surface area contributed by atoms with Gasteiger partial charge in [0.2, 0.25) is 0 Å². The third-order valence-electron chi connectivity index (χ3n) is 20.7. The van der Waals surface area contributed by atoms with Crippen LogP contribution in [0.1, 0.15) is 292 Å². The summed E-state index contributed by atoms with van der Waals surface area (Å²) in [5, 5.41) is 0. The van der Waals surface area contributed by atoms with Crippen LogP contribution in [0.5, 0.6) is 0 Å². The molecule has 286 valence electrons. The maximum Gasteiger partial charge on any atom is 0.110 e. The lowest BCUT2D eigenvalue weighted by Gasteiger charge is -2.43. The second-order valence-electron chi connectivity index (χ2n) is 22.6. The highest BCUT2D eigenvalue weighted by Crippen LogP contribution is 2.67. The molecule has 0 aromatic heterocycles. The van der Waals surface area contributed by atoms with E-state index in [0.29, 0.717) is 0 Å². The minimum atomic E-state index is 0.797. The Kier molecular flexibility index (Phi) is 6.67. The summed E-state index contributed by atoms with van der Waals surface area (Å²) in [5.74, 6) is 9.97. The molecule has 3 aromatic carbocycles. The summed E-state index contributed by atoms with van der Waals surface area (Å²) < 4.78 is 0. The summed E-state index contributed by atoms with van der Waals surface area (Å²) in [5.41, 5.74) is 30.4. The monoisotopic (exact) mass is 736 g/mol. The molecule has 0 heteroatoms. The van der Waals surface area contributed by atoms with Crippen LogP contribution in [0.4, 0.5) is 0 Å². The van der Waals surface area contributed by atoms with Crippen molar-refractivity contribution >= 4 is 0 Å². The first-order valence-corrected chi connectivity index (χ1v) is 25.1. The fourth-order valence-electron chi connectivity index (χ4n) is 18.7. The van der Waals surface area contributed by atoms with Gasteiger partial charge in [-0.3, -0.25) is 0 Å². The molecule has 0 spiro atoms. The number of hydrogen-bond donors (Lipinski definition) is 0. The molecule has 0 radical (unpaired) electrons. The fraction of sp³-hybridized carbons (Fsp3) is 0.643. The zero-order chi connectivity index (χ0) is 36.0. The molecule has 18 aliphatic rings. The molecule has 6 fully saturated rings. The Morgan fingerprint density at radius 2 is 0.482 bits per heavy atom. The van der Waals surface area contributed by atoms with E-state index in [2.05, 4.69) is 24.3 Å². The van der Waals surface area contributed by atoms with Crippen LogP contribution in [0.25, 0.3) is 22.3 Å². The summed E-state index contributed by atoms with van der Waals surface area (Å²) >= 11 is 0. The lowest BCUT2D eigenvalue weighted by molar-refractivity contribution is 0.321. The third-order valence-corrected chi connectivity index (χ3v) is 20.7. The van der Waals surface area contributed by atoms with Gasteiger partial charge in [-0.1, -0.05) is 0 Å². The van der Waals surface area contributed by atoms with Gasteiger partial charge in [0.15, 0.2) is 0 Å². The molecule has 6 saturated carbocycles. The van der Waals surface area contributed by atoms with E-state index in [-0.39, 0.29) is 0 Å². The van der Waals surface area contributed by atoms with Crippen molar-refractivity contribution in [3.8, 4) is 22.3 Å². The van der Waals surface area contributed by atoms with Crippen LogP contribution in [0.3, 0.4) is 0 Å². The molecule has 0 atom stereocenters. The number of benzene rings is 1. The lowest BCUT2D eigenvalue weighted by Crippen LogP contribution is -2.29. The molecule has 18 aliphatic carbocycles. The molecule has 0 saturated heterocycles. The summed E-state index contributed by atoms with van der Waals surface area (Å²) in [7, 11) is 0. The van der Waals surface area contributed by atoms with E-state index in [1.807, 2.05) is 77.9 Å². The first kappa shape index (κ1) is 32.3. The second kappa shape index (κ2) is 11.6. The summed E-state index contributed by atoms with van der Waals surface area (Å²) in [6.45, 7) is 0. The van der Waals surface area contributed by atoms with Gasteiger partial charge in [-0.15, -0.1) is 0 Å². The van der Waals surface area contributed by atoms with E-state index in [1.54, 1.807) is 11.1 Å². The van der Waals surface area contributed by atoms with Gasteiger partial charge in [0.25, 0.3) is 0 Å². The van der Waals surface area contributed by atoms with Gasteiger partial charge >= 0.3 is 0 Å². The van der Waals surface area contributed by atoms with Crippen LogP contribution in [0.15, 0.2) is 24.3 Å². The maximum atomic E-state index is 2.75. The van der Waals surface area contributed by atoms with E-state index in [0.717, 1.165) is 71.0 Å². The van der Waals surface area contributed by atoms with Gasteiger partial charge in [-0.05, 0) is 202 Å². The number of fused-ring (bicyclic) bond motifs is 12. The van der Waals surface area contributed by atoms with Gasteiger partial charge in [-0.25, -0.2) is 0 Å². The zero-order valence-corrected chi connectivity index (χ0v) is 34.2. The van der Waals surface area contributed by atoms with E-state index >= 15 is 0 Å². The smallest absolute Gasteiger partial charge is 0.0440 e. The van der Waals surface area contributed by atoms with Gasteiger partial charge in [-0.2, -0.15) is 0 Å². The van der Waals surface area contributed by atoms with Crippen LogP contribution in [0.2, 0.25) is 0 Å². The predicted molar refractivity (Wildman–Crippen MR) is 230 cm³/mol. The molecular formula is C56H64+2. The maximum absolute atomic E-state index is 2.75. The Labute approximate surface area is 337 Å². The normalized spacial score (nSPS) is 39.1. The van der Waals surface area contributed by atoms with E-state index in [1.165, 1.54) is 154 Å². The third kappa shape index (κ3) is 4.06.